The number of benzene rings is 1. The molecule has 1 aliphatic rings. The van der Waals surface area contributed by atoms with Gasteiger partial charge in [-0.05, 0) is 49.7 Å². The number of hydrogen-bond donors (Lipinski definition) is 1. The van der Waals surface area contributed by atoms with Crippen LogP contribution in [0.5, 0.6) is 0 Å². The first-order chi connectivity index (χ1) is 8.69. The molecule has 2 rings (SSSR count). The minimum atomic E-state index is -0.251. The summed E-state index contributed by atoms with van der Waals surface area (Å²) in [6, 6.07) is 5.35. The van der Waals surface area contributed by atoms with Gasteiger partial charge in [0.25, 0.3) is 0 Å². The number of rotatable bonds is 5. The molecule has 2 nitrogen and oxygen atoms in total. The van der Waals surface area contributed by atoms with Crippen molar-refractivity contribution in [1.29, 1.82) is 0 Å². The third kappa shape index (κ3) is 4.92. The molecule has 0 aliphatic carbocycles. The molecule has 0 saturated carbocycles. The summed E-state index contributed by atoms with van der Waals surface area (Å²) in [4.78, 5) is 2.42. The standard InChI is InChI=1S/C14H20ClFN2.ClH/c1-2-5-18(14-3-4-17-9-14)10-11-6-12(15)8-13(16)7-11;/h6-8,14,17H,2-5,9-10H2,1H3;1H. The molecule has 1 atom stereocenters. The van der Waals surface area contributed by atoms with Crippen molar-refractivity contribution >= 4 is 24.0 Å². The Morgan fingerprint density at radius 3 is 2.79 bits per heavy atom. The van der Waals surface area contributed by atoms with Crippen LogP contribution in [0.4, 0.5) is 4.39 Å². The Hall–Kier alpha value is -0.350. The van der Waals surface area contributed by atoms with Crippen molar-refractivity contribution < 1.29 is 4.39 Å². The molecule has 1 unspecified atom stereocenters. The SMILES string of the molecule is CCCN(Cc1cc(F)cc(Cl)c1)C1CCNC1.Cl. The summed E-state index contributed by atoms with van der Waals surface area (Å²) in [6.07, 6.45) is 2.28. The first-order valence-corrected chi connectivity index (χ1v) is 6.96. The second-order valence-corrected chi connectivity index (χ2v) is 5.33. The molecule has 1 fully saturated rings. The lowest BCUT2D eigenvalue weighted by atomic mass is 10.1. The summed E-state index contributed by atoms with van der Waals surface area (Å²) in [5, 5.41) is 3.86. The molecule has 1 heterocycles. The lowest BCUT2D eigenvalue weighted by Crippen LogP contribution is -2.36. The predicted octanol–water partition coefficient (Wildman–Crippen LogP) is 3.47. The molecule has 0 spiro atoms. The van der Waals surface area contributed by atoms with Gasteiger partial charge in [0.05, 0.1) is 0 Å². The van der Waals surface area contributed by atoms with E-state index in [-0.39, 0.29) is 18.2 Å². The summed E-state index contributed by atoms with van der Waals surface area (Å²) < 4.78 is 13.3. The highest BCUT2D eigenvalue weighted by molar-refractivity contribution is 6.30. The maximum absolute atomic E-state index is 13.3. The minimum Gasteiger partial charge on any atom is -0.315 e. The van der Waals surface area contributed by atoms with Crippen LogP contribution in [0.3, 0.4) is 0 Å². The quantitative estimate of drug-likeness (QED) is 0.896. The van der Waals surface area contributed by atoms with Gasteiger partial charge in [-0.3, -0.25) is 4.90 Å². The maximum Gasteiger partial charge on any atom is 0.125 e. The van der Waals surface area contributed by atoms with Gasteiger partial charge in [-0.25, -0.2) is 4.39 Å². The first kappa shape index (κ1) is 16.7. The summed E-state index contributed by atoms with van der Waals surface area (Å²) in [5.41, 5.74) is 0.959. The Balaban J connectivity index is 0.00000180. The third-order valence-electron chi connectivity index (χ3n) is 3.37. The molecular formula is C14H21Cl2FN2. The zero-order valence-corrected chi connectivity index (χ0v) is 12.7. The average molecular weight is 307 g/mol. The van der Waals surface area contributed by atoms with Crippen LogP contribution in [0.25, 0.3) is 0 Å². The Kier molecular flexibility index (Phi) is 7.08. The van der Waals surface area contributed by atoms with Gasteiger partial charge in [0.1, 0.15) is 5.82 Å². The van der Waals surface area contributed by atoms with E-state index in [0.29, 0.717) is 11.1 Å². The van der Waals surface area contributed by atoms with Crippen LogP contribution in [0.15, 0.2) is 18.2 Å². The fraction of sp³-hybridized carbons (Fsp3) is 0.571. The Bertz CT molecular complexity index is 375. The summed E-state index contributed by atoms with van der Waals surface area (Å²) >= 11 is 5.90. The zero-order valence-electron chi connectivity index (χ0n) is 11.2. The molecule has 1 N–H and O–H groups in total. The Morgan fingerprint density at radius 2 is 2.21 bits per heavy atom. The normalized spacial score (nSPS) is 18.6. The van der Waals surface area contributed by atoms with Crippen LogP contribution in [-0.4, -0.2) is 30.6 Å². The van der Waals surface area contributed by atoms with Gasteiger partial charge in [-0.2, -0.15) is 0 Å². The van der Waals surface area contributed by atoms with Gasteiger partial charge in [0.15, 0.2) is 0 Å². The molecule has 1 aromatic carbocycles. The van der Waals surface area contributed by atoms with Crippen molar-refractivity contribution in [1.82, 2.24) is 10.2 Å². The number of nitrogens with one attached hydrogen (secondary N) is 1. The van der Waals surface area contributed by atoms with Crippen LogP contribution in [0, 0.1) is 5.82 Å². The van der Waals surface area contributed by atoms with E-state index < -0.39 is 0 Å². The number of hydrogen-bond acceptors (Lipinski definition) is 2. The second-order valence-electron chi connectivity index (χ2n) is 4.89. The van der Waals surface area contributed by atoms with E-state index in [2.05, 4.69) is 17.1 Å². The molecule has 5 heteroatoms. The molecule has 1 aromatic rings. The molecule has 1 aliphatic heterocycles. The maximum atomic E-state index is 13.3. The fourth-order valence-electron chi connectivity index (χ4n) is 2.57. The summed E-state index contributed by atoms with van der Waals surface area (Å²) in [6.45, 7) is 6.10. The number of nitrogens with zero attached hydrogens (tertiary/aromatic N) is 1. The topological polar surface area (TPSA) is 15.3 Å². The van der Waals surface area contributed by atoms with E-state index in [9.17, 15) is 4.39 Å². The Labute approximate surface area is 125 Å². The Morgan fingerprint density at radius 1 is 1.42 bits per heavy atom. The lowest BCUT2D eigenvalue weighted by molar-refractivity contribution is 0.199. The fourth-order valence-corrected chi connectivity index (χ4v) is 2.81. The molecule has 108 valence electrons. The zero-order chi connectivity index (χ0) is 13.0. The van der Waals surface area contributed by atoms with Crippen LogP contribution < -0.4 is 5.32 Å². The summed E-state index contributed by atoms with van der Waals surface area (Å²) in [5.74, 6) is -0.251. The monoisotopic (exact) mass is 306 g/mol. The van der Waals surface area contributed by atoms with Crippen molar-refractivity contribution in [3.05, 3.63) is 34.6 Å². The molecule has 19 heavy (non-hydrogen) atoms. The average Bonchev–Trinajstić information content (AvgIpc) is 2.80. The van der Waals surface area contributed by atoms with Gasteiger partial charge < -0.3 is 5.32 Å². The van der Waals surface area contributed by atoms with Gasteiger partial charge in [-0.15, -0.1) is 12.4 Å². The van der Waals surface area contributed by atoms with E-state index in [1.807, 2.05) is 6.07 Å². The highest BCUT2D eigenvalue weighted by Crippen LogP contribution is 2.18. The van der Waals surface area contributed by atoms with E-state index in [4.69, 9.17) is 11.6 Å². The number of halogens is 3. The van der Waals surface area contributed by atoms with E-state index in [1.165, 1.54) is 12.5 Å². The van der Waals surface area contributed by atoms with Crippen molar-refractivity contribution in [3.8, 4) is 0 Å². The smallest absolute Gasteiger partial charge is 0.125 e. The van der Waals surface area contributed by atoms with Crippen LogP contribution in [-0.2, 0) is 6.54 Å². The van der Waals surface area contributed by atoms with Gasteiger partial charge in [-0.1, -0.05) is 18.5 Å². The highest BCUT2D eigenvalue weighted by atomic mass is 35.5. The third-order valence-corrected chi connectivity index (χ3v) is 3.59. The van der Waals surface area contributed by atoms with Gasteiger partial charge in [0, 0.05) is 24.2 Å². The first-order valence-electron chi connectivity index (χ1n) is 6.58. The molecule has 0 amide bonds. The van der Waals surface area contributed by atoms with Crippen molar-refractivity contribution in [2.24, 2.45) is 0 Å². The van der Waals surface area contributed by atoms with Crippen molar-refractivity contribution in [2.45, 2.75) is 32.4 Å². The molecule has 1 saturated heterocycles. The van der Waals surface area contributed by atoms with Gasteiger partial charge >= 0.3 is 0 Å². The van der Waals surface area contributed by atoms with E-state index in [1.54, 1.807) is 6.07 Å². The molecular weight excluding hydrogens is 286 g/mol. The largest absolute Gasteiger partial charge is 0.315 e. The highest BCUT2D eigenvalue weighted by Gasteiger charge is 2.21. The van der Waals surface area contributed by atoms with Crippen molar-refractivity contribution in [3.63, 3.8) is 0 Å². The molecule has 0 bridgehead atoms. The molecule has 0 aromatic heterocycles. The van der Waals surface area contributed by atoms with Crippen LogP contribution >= 0.6 is 24.0 Å². The minimum absolute atomic E-state index is 0. The van der Waals surface area contributed by atoms with E-state index >= 15 is 0 Å². The predicted molar refractivity (Wildman–Crippen MR) is 80.6 cm³/mol. The van der Waals surface area contributed by atoms with Crippen LogP contribution in [0.1, 0.15) is 25.3 Å². The van der Waals surface area contributed by atoms with Gasteiger partial charge in [0.2, 0.25) is 0 Å². The van der Waals surface area contributed by atoms with Crippen molar-refractivity contribution in [2.75, 3.05) is 19.6 Å². The molecule has 0 radical (unpaired) electrons. The summed E-state index contributed by atoms with van der Waals surface area (Å²) in [7, 11) is 0. The van der Waals surface area contributed by atoms with Crippen LogP contribution in [0.2, 0.25) is 5.02 Å². The second kappa shape index (κ2) is 8.05. The van der Waals surface area contributed by atoms with E-state index in [0.717, 1.165) is 38.2 Å². The lowest BCUT2D eigenvalue weighted by Gasteiger charge is -2.28.